The molecule has 102 valence electrons. The third-order valence-corrected chi connectivity index (χ3v) is 4.33. The van der Waals surface area contributed by atoms with Gasteiger partial charge >= 0.3 is 0 Å². The van der Waals surface area contributed by atoms with Crippen molar-refractivity contribution >= 4 is 5.71 Å². The highest BCUT2D eigenvalue weighted by Crippen LogP contribution is 2.44. The van der Waals surface area contributed by atoms with Crippen LogP contribution in [0.1, 0.15) is 30.6 Å². The molecule has 0 aromatic carbocycles. The van der Waals surface area contributed by atoms with E-state index in [-0.39, 0.29) is 12.0 Å². The zero-order valence-electron chi connectivity index (χ0n) is 11.6. The minimum Gasteiger partial charge on any atom is -0.373 e. The van der Waals surface area contributed by atoms with Crippen molar-refractivity contribution in [1.29, 1.82) is 0 Å². The van der Waals surface area contributed by atoms with Gasteiger partial charge in [0.2, 0.25) is 0 Å². The van der Waals surface area contributed by atoms with Crippen LogP contribution in [0.5, 0.6) is 0 Å². The molecule has 0 amide bonds. The summed E-state index contributed by atoms with van der Waals surface area (Å²) < 4.78 is 10.9. The number of aryl methyl sites for hydroxylation is 1. The Hall–Kier alpha value is -1.94. The fourth-order valence-corrected chi connectivity index (χ4v) is 3.35. The smallest absolute Gasteiger partial charge is 0.152 e. The van der Waals surface area contributed by atoms with Crippen LogP contribution in [-0.2, 0) is 11.2 Å². The molecule has 1 aromatic heterocycles. The van der Waals surface area contributed by atoms with Crippen LogP contribution < -0.4 is 0 Å². The molecule has 1 aliphatic heterocycles. The van der Waals surface area contributed by atoms with Gasteiger partial charge in [-0.3, -0.25) is 4.99 Å². The minimum absolute atomic E-state index is 0.0203. The molecule has 3 aliphatic rings. The lowest BCUT2D eigenvalue weighted by molar-refractivity contribution is 0.176. The average molecular weight is 268 g/mol. The van der Waals surface area contributed by atoms with Crippen LogP contribution >= 0.6 is 0 Å². The Kier molecular flexibility index (Phi) is 2.54. The van der Waals surface area contributed by atoms with E-state index in [1.54, 1.807) is 7.11 Å². The number of hydrogen-bond acceptors (Lipinski definition) is 4. The summed E-state index contributed by atoms with van der Waals surface area (Å²) >= 11 is 0. The van der Waals surface area contributed by atoms with E-state index in [4.69, 9.17) is 14.3 Å². The van der Waals surface area contributed by atoms with Crippen molar-refractivity contribution in [2.24, 2.45) is 4.99 Å². The summed E-state index contributed by atoms with van der Waals surface area (Å²) in [5.74, 6) is 1.14. The van der Waals surface area contributed by atoms with E-state index in [9.17, 15) is 0 Å². The van der Waals surface area contributed by atoms with Gasteiger partial charge < -0.3 is 9.26 Å². The maximum atomic E-state index is 5.48. The molecule has 0 spiro atoms. The number of ether oxygens (including phenoxy) is 1. The van der Waals surface area contributed by atoms with Crippen LogP contribution in [0.25, 0.3) is 0 Å². The number of rotatable bonds is 1. The number of methoxy groups -OCH3 is 1. The number of aromatic nitrogens is 1. The minimum atomic E-state index is 0.0203. The number of allylic oxidation sites excluding steroid dienone is 2. The van der Waals surface area contributed by atoms with Crippen molar-refractivity contribution in [2.75, 3.05) is 7.11 Å². The molecule has 0 saturated carbocycles. The van der Waals surface area contributed by atoms with Crippen molar-refractivity contribution in [3.05, 3.63) is 52.6 Å². The maximum absolute atomic E-state index is 5.48. The van der Waals surface area contributed by atoms with Gasteiger partial charge in [-0.1, -0.05) is 17.3 Å². The monoisotopic (exact) mass is 268 g/mol. The molecule has 1 aromatic rings. The molecular formula is C16H16N2O2. The third kappa shape index (κ3) is 1.58. The Labute approximate surface area is 117 Å². The Morgan fingerprint density at radius 1 is 1.35 bits per heavy atom. The van der Waals surface area contributed by atoms with E-state index in [0.717, 1.165) is 30.0 Å². The molecule has 0 saturated heterocycles. The van der Waals surface area contributed by atoms with Gasteiger partial charge in [-0.2, -0.15) is 0 Å². The van der Waals surface area contributed by atoms with Crippen LogP contribution in [0.4, 0.5) is 0 Å². The highest BCUT2D eigenvalue weighted by atomic mass is 16.5. The molecule has 0 fully saturated rings. The fourth-order valence-electron chi connectivity index (χ4n) is 3.35. The van der Waals surface area contributed by atoms with Gasteiger partial charge in [0.25, 0.3) is 0 Å². The summed E-state index contributed by atoms with van der Waals surface area (Å²) in [4.78, 5) is 4.77. The Balaban J connectivity index is 1.86. The second-order valence-corrected chi connectivity index (χ2v) is 5.45. The lowest BCUT2D eigenvalue weighted by atomic mass is 9.76. The van der Waals surface area contributed by atoms with E-state index in [1.165, 1.54) is 16.7 Å². The zero-order valence-corrected chi connectivity index (χ0v) is 11.6. The van der Waals surface area contributed by atoms with Crippen LogP contribution in [0, 0.1) is 0 Å². The fraction of sp³-hybridized carbons (Fsp3) is 0.375. The van der Waals surface area contributed by atoms with Crippen LogP contribution in [-0.4, -0.2) is 24.1 Å². The second kappa shape index (κ2) is 4.28. The molecule has 4 heteroatoms. The van der Waals surface area contributed by atoms with Gasteiger partial charge in [-0.15, -0.1) is 0 Å². The molecule has 0 radical (unpaired) electrons. The first-order valence-electron chi connectivity index (χ1n) is 6.93. The standard InChI is InChI=1S/C16H16N2O2/c1-9-15-13(5-3-10-8-17-20-16(10)15)12-6-4-11(19-2)7-14(12)18-9/h4,6-8,11,15H,3,5H2,1-2H3. The van der Waals surface area contributed by atoms with Gasteiger partial charge in [0, 0.05) is 24.0 Å². The first-order valence-corrected chi connectivity index (χ1v) is 6.93. The molecule has 2 aliphatic carbocycles. The predicted octanol–water partition coefficient (Wildman–Crippen LogP) is 2.94. The van der Waals surface area contributed by atoms with Crippen LogP contribution in [0.3, 0.4) is 0 Å². The second-order valence-electron chi connectivity index (χ2n) is 5.45. The van der Waals surface area contributed by atoms with Crippen LogP contribution in [0.2, 0.25) is 0 Å². The normalized spacial score (nSPS) is 27.5. The lowest BCUT2D eigenvalue weighted by Crippen LogP contribution is -2.24. The maximum Gasteiger partial charge on any atom is 0.152 e. The van der Waals surface area contributed by atoms with E-state index < -0.39 is 0 Å². The summed E-state index contributed by atoms with van der Waals surface area (Å²) in [6.07, 6.45) is 10.2. The molecule has 20 heavy (non-hydrogen) atoms. The highest BCUT2D eigenvalue weighted by Gasteiger charge is 2.36. The van der Waals surface area contributed by atoms with Gasteiger partial charge in [-0.25, -0.2) is 0 Å². The molecule has 0 bridgehead atoms. The van der Waals surface area contributed by atoms with Crippen molar-refractivity contribution < 1.29 is 9.26 Å². The molecule has 4 nitrogen and oxygen atoms in total. The summed E-state index contributed by atoms with van der Waals surface area (Å²) in [5.41, 5.74) is 5.97. The predicted molar refractivity (Wildman–Crippen MR) is 75.7 cm³/mol. The summed E-state index contributed by atoms with van der Waals surface area (Å²) in [5, 5.41) is 3.95. The van der Waals surface area contributed by atoms with Gasteiger partial charge in [0.15, 0.2) is 5.76 Å². The summed E-state index contributed by atoms with van der Waals surface area (Å²) in [6.45, 7) is 2.07. The van der Waals surface area contributed by atoms with Crippen LogP contribution in [0.15, 0.2) is 50.8 Å². The SMILES string of the molecule is COC1C=CC2=C3CCc4cnoc4C3C(C)=NC2=C1. The van der Waals surface area contributed by atoms with E-state index in [0.29, 0.717) is 0 Å². The van der Waals surface area contributed by atoms with Gasteiger partial charge in [0.1, 0.15) is 0 Å². The lowest BCUT2D eigenvalue weighted by Gasteiger charge is -2.31. The Morgan fingerprint density at radius 2 is 2.25 bits per heavy atom. The van der Waals surface area contributed by atoms with Crippen molar-refractivity contribution in [1.82, 2.24) is 5.16 Å². The summed E-state index contributed by atoms with van der Waals surface area (Å²) in [7, 11) is 1.72. The van der Waals surface area contributed by atoms with Gasteiger partial charge in [-0.05, 0) is 31.4 Å². The highest BCUT2D eigenvalue weighted by molar-refractivity contribution is 5.95. The topological polar surface area (TPSA) is 47.6 Å². The average Bonchev–Trinajstić information content (AvgIpc) is 2.94. The zero-order chi connectivity index (χ0) is 13.7. The molecular weight excluding hydrogens is 252 g/mol. The number of fused-ring (bicyclic) bond motifs is 4. The quantitative estimate of drug-likeness (QED) is 0.786. The molecule has 2 atom stereocenters. The van der Waals surface area contributed by atoms with Gasteiger partial charge in [0.05, 0.1) is 23.9 Å². The van der Waals surface area contributed by atoms with Crippen molar-refractivity contribution in [3.8, 4) is 0 Å². The molecule has 2 unspecified atom stereocenters. The number of nitrogens with zero attached hydrogens (tertiary/aromatic N) is 2. The first kappa shape index (κ1) is 11.9. The van der Waals surface area contributed by atoms with Crippen molar-refractivity contribution in [2.45, 2.75) is 31.8 Å². The van der Waals surface area contributed by atoms with Crippen molar-refractivity contribution in [3.63, 3.8) is 0 Å². The molecule has 0 N–H and O–H groups in total. The number of hydrogen-bond donors (Lipinski definition) is 0. The Morgan fingerprint density at radius 3 is 3.10 bits per heavy atom. The van der Waals surface area contributed by atoms with E-state index in [2.05, 4.69) is 30.3 Å². The number of dihydropyridines is 1. The largest absolute Gasteiger partial charge is 0.373 e. The first-order chi connectivity index (χ1) is 9.78. The molecule has 4 rings (SSSR count). The molecule has 2 heterocycles. The number of aliphatic imine (C=N–C) groups is 1. The summed E-state index contributed by atoms with van der Waals surface area (Å²) in [6, 6.07) is 0. The van der Waals surface area contributed by atoms with E-state index >= 15 is 0 Å². The third-order valence-electron chi connectivity index (χ3n) is 4.33. The van der Waals surface area contributed by atoms with E-state index in [1.807, 2.05) is 6.20 Å². The Bertz CT molecular complexity index is 691.